The first-order chi connectivity index (χ1) is 6.56. The zero-order chi connectivity index (χ0) is 10.7. The topological polar surface area (TPSA) is 61.1 Å². The molecule has 0 aliphatic heterocycles. The Morgan fingerprint density at radius 2 is 2.29 bits per heavy atom. The Bertz CT molecular complexity index is 409. The predicted molar refractivity (Wildman–Crippen MR) is 47.2 cm³/mol. The van der Waals surface area contributed by atoms with Crippen LogP contribution in [0.2, 0.25) is 0 Å². The van der Waals surface area contributed by atoms with Crippen molar-refractivity contribution < 1.29 is 14.3 Å². The summed E-state index contributed by atoms with van der Waals surface area (Å²) in [5.74, 6) is -2.65. The summed E-state index contributed by atoms with van der Waals surface area (Å²) in [5.41, 5.74) is 0.297. The zero-order valence-corrected chi connectivity index (χ0v) is 7.49. The minimum atomic E-state index is -1.11. The second-order valence-electron chi connectivity index (χ2n) is 2.91. The zero-order valence-electron chi connectivity index (χ0n) is 7.49. The average molecular weight is 193 g/mol. The molecule has 0 radical (unpaired) electrons. The van der Waals surface area contributed by atoms with E-state index < -0.39 is 17.7 Å². The lowest BCUT2D eigenvalue weighted by Crippen LogP contribution is -2.09. The number of carbonyl (C=O) groups is 1. The van der Waals surface area contributed by atoms with Crippen molar-refractivity contribution in [1.82, 2.24) is 0 Å². The molecular weight excluding hydrogens is 185 g/mol. The molecule has 0 bridgehead atoms. The number of aliphatic carboxylic acids is 1. The molecule has 0 amide bonds. The minimum Gasteiger partial charge on any atom is -0.481 e. The number of carboxylic acid groups (broad SMARTS) is 1. The van der Waals surface area contributed by atoms with Gasteiger partial charge in [-0.05, 0) is 25.1 Å². The fraction of sp³-hybridized carbons (Fsp3) is 0.200. The SMILES string of the molecule is CC(C(=O)O)c1cc(C#N)ccc1F. The van der Waals surface area contributed by atoms with Crippen molar-refractivity contribution in [3.63, 3.8) is 0 Å². The van der Waals surface area contributed by atoms with E-state index in [-0.39, 0.29) is 11.1 Å². The van der Waals surface area contributed by atoms with Crippen LogP contribution in [0.15, 0.2) is 18.2 Å². The quantitative estimate of drug-likeness (QED) is 0.780. The molecule has 1 aromatic rings. The lowest BCUT2D eigenvalue weighted by Gasteiger charge is -2.07. The van der Waals surface area contributed by atoms with E-state index in [2.05, 4.69) is 0 Å². The van der Waals surface area contributed by atoms with Crippen molar-refractivity contribution in [2.24, 2.45) is 0 Å². The number of rotatable bonds is 2. The van der Waals surface area contributed by atoms with Crippen molar-refractivity contribution in [2.75, 3.05) is 0 Å². The number of hydrogen-bond donors (Lipinski definition) is 1. The van der Waals surface area contributed by atoms with E-state index in [1.165, 1.54) is 19.1 Å². The highest BCUT2D eigenvalue weighted by atomic mass is 19.1. The maximum Gasteiger partial charge on any atom is 0.310 e. The van der Waals surface area contributed by atoms with Crippen LogP contribution >= 0.6 is 0 Å². The molecular formula is C10H8FNO2. The summed E-state index contributed by atoms with van der Waals surface area (Å²) in [6.45, 7) is 1.38. The van der Waals surface area contributed by atoms with E-state index >= 15 is 0 Å². The van der Waals surface area contributed by atoms with E-state index in [4.69, 9.17) is 10.4 Å². The van der Waals surface area contributed by atoms with Crippen LogP contribution in [0.25, 0.3) is 0 Å². The van der Waals surface area contributed by atoms with Gasteiger partial charge in [0.15, 0.2) is 0 Å². The van der Waals surface area contributed by atoms with Crippen molar-refractivity contribution >= 4 is 5.97 Å². The average Bonchev–Trinajstić information content (AvgIpc) is 2.17. The van der Waals surface area contributed by atoms with Gasteiger partial charge in [-0.15, -0.1) is 0 Å². The summed E-state index contributed by atoms with van der Waals surface area (Å²) < 4.78 is 13.1. The first kappa shape index (κ1) is 10.2. The third-order valence-corrected chi connectivity index (χ3v) is 1.96. The van der Waals surface area contributed by atoms with Crippen LogP contribution in [0.5, 0.6) is 0 Å². The number of nitriles is 1. The van der Waals surface area contributed by atoms with Crippen molar-refractivity contribution in [3.8, 4) is 6.07 Å². The second-order valence-corrected chi connectivity index (χ2v) is 2.91. The highest BCUT2D eigenvalue weighted by Gasteiger charge is 2.17. The van der Waals surface area contributed by atoms with Gasteiger partial charge in [0.1, 0.15) is 5.82 Å². The summed E-state index contributed by atoms with van der Waals surface area (Å²) in [5, 5.41) is 17.2. The number of halogens is 1. The molecule has 1 atom stereocenters. The second kappa shape index (κ2) is 3.88. The molecule has 0 aliphatic carbocycles. The lowest BCUT2D eigenvalue weighted by atomic mass is 9.99. The van der Waals surface area contributed by atoms with Crippen LogP contribution in [0, 0.1) is 17.1 Å². The van der Waals surface area contributed by atoms with E-state index in [0.29, 0.717) is 0 Å². The smallest absolute Gasteiger partial charge is 0.310 e. The maximum atomic E-state index is 13.1. The Hall–Kier alpha value is -1.89. The molecule has 0 saturated carbocycles. The summed E-state index contributed by atoms with van der Waals surface area (Å²) >= 11 is 0. The van der Waals surface area contributed by atoms with Gasteiger partial charge in [-0.1, -0.05) is 0 Å². The van der Waals surface area contributed by atoms with Crippen LogP contribution in [0.4, 0.5) is 4.39 Å². The summed E-state index contributed by atoms with van der Waals surface area (Å²) in [6, 6.07) is 5.50. The molecule has 0 heterocycles. The molecule has 1 N–H and O–H groups in total. The molecule has 0 aliphatic rings. The number of nitrogens with zero attached hydrogens (tertiary/aromatic N) is 1. The van der Waals surface area contributed by atoms with Crippen LogP contribution in [0.1, 0.15) is 24.0 Å². The Kier molecular flexibility index (Phi) is 2.82. The molecule has 4 heteroatoms. The maximum absolute atomic E-state index is 13.1. The van der Waals surface area contributed by atoms with Gasteiger partial charge in [0, 0.05) is 5.56 Å². The van der Waals surface area contributed by atoms with Gasteiger partial charge < -0.3 is 5.11 Å². The van der Waals surface area contributed by atoms with E-state index in [1.54, 1.807) is 0 Å². The normalized spacial score (nSPS) is 11.8. The summed E-state index contributed by atoms with van der Waals surface area (Å²) in [7, 11) is 0. The van der Waals surface area contributed by atoms with Gasteiger partial charge >= 0.3 is 5.97 Å². The molecule has 0 aromatic heterocycles. The van der Waals surface area contributed by atoms with Crippen molar-refractivity contribution in [2.45, 2.75) is 12.8 Å². The van der Waals surface area contributed by atoms with Crippen molar-refractivity contribution in [1.29, 1.82) is 5.26 Å². The molecule has 1 rings (SSSR count). The Balaban J connectivity index is 3.20. The first-order valence-electron chi connectivity index (χ1n) is 3.98. The van der Waals surface area contributed by atoms with E-state index in [1.807, 2.05) is 6.07 Å². The number of carboxylic acids is 1. The van der Waals surface area contributed by atoms with Gasteiger partial charge in [0.25, 0.3) is 0 Å². The summed E-state index contributed by atoms with van der Waals surface area (Å²) in [6.07, 6.45) is 0. The fourth-order valence-electron chi connectivity index (χ4n) is 1.08. The number of hydrogen-bond acceptors (Lipinski definition) is 2. The van der Waals surface area contributed by atoms with Gasteiger partial charge in [-0.25, -0.2) is 4.39 Å². The minimum absolute atomic E-state index is 0.0385. The third-order valence-electron chi connectivity index (χ3n) is 1.96. The summed E-state index contributed by atoms with van der Waals surface area (Å²) in [4.78, 5) is 10.6. The number of benzene rings is 1. The molecule has 1 aromatic carbocycles. The third kappa shape index (κ3) is 1.88. The van der Waals surface area contributed by atoms with Crippen molar-refractivity contribution in [3.05, 3.63) is 35.1 Å². The molecule has 14 heavy (non-hydrogen) atoms. The van der Waals surface area contributed by atoms with Crippen LogP contribution < -0.4 is 0 Å². The van der Waals surface area contributed by atoms with Crippen LogP contribution in [0.3, 0.4) is 0 Å². The molecule has 0 spiro atoms. The Morgan fingerprint density at radius 3 is 2.79 bits per heavy atom. The van der Waals surface area contributed by atoms with Gasteiger partial charge in [-0.3, -0.25) is 4.79 Å². The monoisotopic (exact) mass is 193 g/mol. The van der Waals surface area contributed by atoms with Crippen LogP contribution in [-0.4, -0.2) is 11.1 Å². The molecule has 3 nitrogen and oxygen atoms in total. The Labute approximate surface area is 80.4 Å². The largest absolute Gasteiger partial charge is 0.481 e. The molecule has 1 unspecified atom stereocenters. The highest BCUT2D eigenvalue weighted by molar-refractivity contribution is 5.75. The van der Waals surface area contributed by atoms with E-state index in [9.17, 15) is 9.18 Å². The van der Waals surface area contributed by atoms with E-state index in [0.717, 1.165) is 6.07 Å². The molecule has 0 saturated heterocycles. The lowest BCUT2D eigenvalue weighted by molar-refractivity contribution is -0.138. The van der Waals surface area contributed by atoms with Crippen LogP contribution in [-0.2, 0) is 4.79 Å². The molecule has 0 fully saturated rings. The fourth-order valence-corrected chi connectivity index (χ4v) is 1.08. The Morgan fingerprint density at radius 1 is 1.64 bits per heavy atom. The highest BCUT2D eigenvalue weighted by Crippen LogP contribution is 2.20. The van der Waals surface area contributed by atoms with Gasteiger partial charge in [0.2, 0.25) is 0 Å². The predicted octanol–water partition coefficient (Wildman–Crippen LogP) is 1.89. The van der Waals surface area contributed by atoms with Gasteiger partial charge in [0.05, 0.1) is 17.6 Å². The standard InChI is InChI=1S/C10H8FNO2/c1-6(10(13)14)8-4-7(5-12)2-3-9(8)11/h2-4,6H,1H3,(H,13,14). The van der Waals surface area contributed by atoms with Gasteiger partial charge in [-0.2, -0.15) is 5.26 Å². The first-order valence-corrected chi connectivity index (χ1v) is 3.98. The molecule has 72 valence electrons.